The fraction of sp³-hybridized carbons (Fsp3) is 0.650. The van der Waals surface area contributed by atoms with Gasteiger partial charge in [-0.3, -0.25) is 9.69 Å². The zero-order chi connectivity index (χ0) is 17.7. The summed E-state index contributed by atoms with van der Waals surface area (Å²) in [5.74, 6) is -0.288. The van der Waals surface area contributed by atoms with E-state index in [2.05, 4.69) is 17.1 Å². The number of ether oxygens (including phenoxy) is 1. The summed E-state index contributed by atoms with van der Waals surface area (Å²) in [6.07, 6.45) is 4.97. The summed E-state index contributed by atoms with van der Waals surface area (Å²) in [6, 6.07) is 7.06. The maximum atomic E-state index is 13.7. The van der Waals surface area contributed by atoms with Crippen LogP contribution >= 0.6 is 0 Å². The average molecular weight is 348 g/mol. The molecule has 1 atom stereocenters. The molecular weight excluding hydrogens is 319 g/mol. The number of halogens is 1. The second kappa shape index (κ2) is 8.28. The first-order valence-electron chi connectivity index (χ1n) is 9.48. The molecule has 2 fully saturated rings. The van der Waals surface area contributed by atoms with E-state index in [0.29, 0.717) is 38.6 Å². The molecule has 3 rings (SSSR count). The lowest BCUT2D eigenvalue weighted by molar-refractivity contribution is -0.130. The largest absolute Gasteiger partial charge is 0.381 e. The van der Waals surface area contributed by atoms with Gasteiger partial charge in [-0.25, -0.2) is 4.39 Å². The van der Waals surface area contributed by atoms with Crippen LogP contribution in [0.5, 0.6) is 0 Å². The standard InChI is InChI=1S/C20H29FN2O2/c1-16-5-2-3-11-23(16)12-10-22-19(24)20(8-13-25-14-9-20)17-6-4-7-18(21)15-17/h4,6-7,15-16H,2-3,5,8-14H2,1H3,(H,22,24)/t16-/m1/s1. The molecule has 2 saturated heterocycles. The van der Waals surface area contributed by atoms with Crippen molar-refractivity contribution in [1.29, 1.82) is 0 Å². The molecule has 25 heavy (non-hydrogen) atoms. The van der Waals surface area contributed by atoms with Gasteiger partial charge in [0, 0.05) is 32.3 Å². The van der Waals surface area contributed by atoms with Crippen molar-refractivity contribution in [1.82, 2.24) is 10.2 Å². The number of rotatable bonds is 5. The number of piperidine rings is 1. The van der Waals surface area contributed by atoms with Crippen LogP contribution in [0.2, 0.25) is 0 Å². The van der Waals surface area contributed by atoms with Gasteiger partial charge in [0.05, 0.1) is 5.41 Å². The Bertz CT molecular complexity index is 587. The van der Waals surface area contributed by atoms with Crippen LogP contribution in [0.3, 0.4) is 0 Å². The van der Waals surface area contributed by atoms with Crippen LogP contribution < -0.4 is 5.32 Å². The molecule has 0 aliphatic carbocycles. The minimum atomic E-state index is -0.673. The second-order valence-electron chi connectivity index (χ2n) is 7.34. The Labute approximate surface area is 149 Å². The predicted molar refractivity (Wildman–Crippen MR) is 96.0 cm³/mol. The van der Waals surface area contributed by atoms with E-state index in [1.807, 2.05) is 6.07 Å². The number of carbonyl (C=O) groups excluding carboxylic acids is 1. The van der Waals surface area contributed by atoms with Gasteiger partial charge in [-0.1, -0.05) is 18.6 Å². The molecule has 0 radical (unpaired) electrons. The molecule has 1 amide bonds. The van der Waals surface area contributed by atoms with Gasteiger partial charge in [-0.15, -0.1) is 0 Å². The van der Waals surface area contributed by atoms with Crippen molar-refractivity contribution in [2.45, 2.75) is 50.5 Å². The van der Waals surface area contributed by atoms with Crippen molar-refractivity contribution in [2.75, 3.05) is 32.8 Å². The third kappa shape index (κ3) is 4.21. The first-order valence-corrected chi connectivity index (χ1v) is 9.48. The van der Waals surface area contributed by atoms with E-state index in [9.17, 15) is 9.18 Å². The van der Waals surface area contributed by atoms with E-state index < -0.39 is 5.41 Å². The zero-order valence-corrected chi connectivity index (χ0v) is 15.1. The fourth-order valence-corrected chi connectivity index (χ4v) is 4.12. The summed E-state index contributed by atoms with van der Waals surface area (Å²) in [5.41, 5.74) is 0.0908. The predicted octanol–water partition coefficient (Wildman–Crippen LogP) is 2.86. The molecule has 138 valence electrons. The maximum Gasteiger partial charge on any atom is 0.230 e. The zero-order valence-electron chi connectivity index (χ0n) is 15.1. The summed E-state index contributed by atoms with van der Waals surface area (Å²) in [5, 5.41) is 3.12. The van der Waals surface area contributed by atoms with Crippen molar-refractivity contribution >= 4 is 5.91 Å². The number of benzene rings is 1. The van der Waals surface area contributed by atoms with Crippen LogP contribution in [0.15, 0.2) is 24.3 Å². The van der Waals surface area contributed by atoms with E-state index in [1.165, 1.54) is 31.4 Å². The summed E-state index contributed by atoms with van der Waals surface area (Å²) in [4.78, 5) is 15.5. The maximum absolute atomic E-state index is 13.7. The highest BCUT2D eigenvalue weighted by Crippen LogP contribution is 2.35. The highest BCUT2D eigenvalue weighted by Gasteiger charge is 2.41. The molecule has 0 spiro atoms. The van der Waals surface area contributed by atoms with Crippen molar-refractivity contribution < 1.29 is 13.9 Å². The molecule has 2 aliphatic heterocycles. The third-order valence-corrected chi connectivity index (χ3v) is 5.78. The minimum absolute atomic E-state index is 0.00561. The highest BCUT2D eigenvalue weighted by molar-refractivity contribution is 5.88. The average Bonchev–Trinajstić information content (AvgIpc) is 2.64. The van der Waals surface area contributed by atoms with Crippen molar-refractivity contribution in [2.24, 2.45) is 0 Å². The molecule has 0 aromatic heterocycles. The van der Waals surface area contributed by atoms with Gasteiger partial charge >= 0.3 is 0 Å². The lowest BCUT2D eigenvalue weighted by Gasteiger charge is -2.37. The highest BCUT2D eigenvalue weighted by atomic mass is 19.1. The number of hydrogen-bond donors (Lipinski definition) is 1. The van der Waals surface area contributed by atoms with E-state index in [4.69, 9.17) is 4.74 Å². The van der Waals surface area contributed by atoms with Gasteiger partial charge in [-0.2, -0.15) is 0 Å². The number of likely N-dealkylation sites (tertiary alicyclic amines) is 1. The van der Waals surface area contributed by atoms with Crippen LogP contribution in [0.1, 0.15) is 44.6 Å². The van der Waals surface area contributed by atoms with Crippen LogP contribution in [-0.2, 0) is 14.9 Å². The Morgan fingerprint density at radius 2 is 2.16 bits per heavy atom. The molecule has 0 bridgehead atoms. The summed E-state index contributed by atoms with van der Waals surface area (Å²) in [7, 11) is 0. The van der Waals surface area contributed by atoms with Crippen LogP contribution in [0.25, 0.3) is 0 Å². The Kier molecular flexibility index (Phi) is 6.07. The van der Waals surface area contributed by atoms with Gasteiger partial charge in [0.15, 0.2) is 0 Å². The fourth-order valence-electron chi connectivity index (χ4n) is 4.12. The molecule has 1 aromatic carbocycles. The van der Waals surface area contributed by atoms with E-state index >= 15 is 0 Å². The molecule has 2 heterocycles. The molecule has 1 aromatic rings. The first kappa shape index (κ1) is 18.3. The SMILES string of the molecule is C[C@@H]1CCCCN1CCNC(=O)C1(c2cccc(F)c2)CCOCC1. The smallest absolute Gasteiger partial charge is 0.230 e. The molecule has 5 heteroatoms. The number of carbonyl (C=O) groups is 1. The molecule has 0 saturated carbocycles. The van der Waals surface area contributed by atoms with Crippen molar-refractivity contribution in [3.05, 3.63) is 35.6 Å². The Morgan fingerprint density at radius 1 is 1.36 bits per heavy atom. The monoisotopic (exact) mass is 348 g/mol. The van der Waals surface area contributed by atoms with Gasteiger partial charge in [0.25, 0.3) is 0 Å². The molecule has 4 nitrogen and oxygen atoms in total. The quantitative estimate of drug-likeness (QED) is 0.890. The van der Waals surface area contributed by atoms with Crippen LogP contribution in [-0.4, -0.2) is 49.7 Å². The summed E-state index contributed by atoms with van der Waals surface area (Å²) >= 11 is 0. The Hall–Kier alpha value is -1.46. The molecule has 1 N–H and O–H groups in total. The topological polar surface area (TPSA) is 41.6 Å². The molecule has 2 aliphatic rings. The van der Waals surface area contributed by atoms with Gasteiger partial charge in [-0.05, 0) is 56.8 Å². The Balaban J connectivity index is 1.65. The van der Waals surface area contributed by atoms with E-state index in [1.54, 1.807) is 6.07 Å². The third-order valence-electron chi connectivity index (χ3n) is 5.78. The Morgan fingerprint density at radius 3 is 2.88 bits per heavy atom. The first-order chi connectivity index (χ1) is 12.1. The summed E-state index contributed by atoms with van der Waals surface area (Å²) < 4.78 is 19.2. The second-order valence-corrected chi connectivity index (χ2v) is 7.34. The number of nitrogens with one attached hydrogen (secondary N) is 1. The van der Waals surface area contributed by atoms with Crippen LogP contribution in [0, 0.1) is 5.82 Å². The lowest BCUT2D eigenvalue weighted by atomic mass is 9.73. The van der Waals surface area contributed by atoms with Gasteiger partial charge in [0.2, 0.25) is 5.91 Å². The molecule has 0 unspecified atom stereocenters. The van der Waals surface area contributed by atoms with E-state index in [0.717, 1.165) is 18.7 Å². The van der Waals surface area contributed by atoms with Gasteiger partial charge in [0.1, 0.15) is 5.82 Å². The number of nitrogens with zero attached hydrogens (tertiary/aromatic N) is 1. The normalized spacial score (nSPS) is 24.0. The van der Waals surface area contributed by atoms with Crippen molar-refractivity contribution in [3.8, 4) is 0 Å². The van der Waals surface area contributed by atoms with Crippen LogP contribution in [0.4, 0.5) is 4.39 Å². The lowest BCUT2D eigenvalue weighted by Crippen LogP contribution is -2.50. The summed E-state index contributed by atoms with van der Waals surface area (Å²) in [6.45, 7) is 5.96. The minimum Gasteiger partial charge on any atom is -0.381 e. The van der Waals surface area contributed by atoms with Gasteiger partial charge < -0.3 is 10.1 Å². The molecular formula is C20H29FN2O2. The van der Waals surface area contributed by atoms with E-state index in [-0.39, 0.29) is 11.7 Å². The number of hydrogen-bond acceptors (Lipinski definition) is 3. The number of amides is 1. The van der Waals surface area contributed by atoms with Crippen molar-refractivity contribution in [3.63, 3.8) is 0 Å².